The fourth-order valence-electron chi connectivity index (χ4n) is 4.94. The van der Waals surface area contributed by atoms with E-state index in [0.29, 0.717) is 64.1 Å². The third kappa shape index (κ3) is 6.33. The molecule has 2 aromatic carbocycles. The molecule has 3 heterocycles. The van der Waals surface area contributed by atoms with Crippen LogP contribution >= 0.6 is 11.6 Å². The van der Waals surface area contributed by atoms with Crippen LogP contribution in [-0.4, -0.2) is 53.2 Å². The van der Waals surface area contributed by atoms with Crippen LogP contribution in [0, 0.1) is 18.3 Å². The Morgan fingerprint density at radius 2 is 1.95 bits per heavy atom. The first-order valence-corrected chi connectivity index (χ1v) is 13.9. The zero-order valence-electron chi connectivity index (χ0n) is 23.8. The molecule has 0 spiro atoms. The molecule has 0 saturated carbocycles. The van der Waals surface area contributed by atoms with E-state index in [1.165, 1.54) is 13.3 Å². The van der Waals surface area contributed by atoms with Gasteiger partial charge in [0.25, 0.3) is 0 Å². The molecule has 0 radical (unpaired) electrons. The smallest absolute Gasteiger partial charge is 0.415 e. The standard InChI is InChI=1S/C31H31ClN6O4/c1-18-6-5-9-34-27(18)17-41-22-7-8-25(24(32)10-22)37-30-21(13-33)14-35-26-12-29(28(40-4)11-23(26)30)42-31(39)38-15-19(2)36-20(3)16-38/h5-12,14,19-20,36H,15-17H2,1-4H3,(H,35,37)/t19-,20-/m1/s1. The summed E-state index contributed by atoms with van der Waals surface area (Å²) >= 11 is 6.63. The first-order chi connectivity index (χ1) is 20.2. The molecule has 0 bridgehead atoms. The van der Waals surface area contributed by atoms with Crippen molar-refractivity contribution < 1.29 is 19.0 Å². The minimum absolute atomic E-state index is 0.150. The Morgan fingerprint density at radius 3 is 2.64 bits per heavy atom. The van der Waals surface area contributed by atoms with E-state index in [0.717, 1.165) is 11.3 Å². The average molecular weight is 587 g/mol. The molecular formula is C31H31ClN6O4. The highest BCUT2D eigenvalue weighted by Gasteiger charge is 2.27. The number of hydrogen-bond acceptors (Lipinski definition) is 9. The van der Waals surface area contributed by atoms with Crippen molar-refractivity contribution in [1.29, 1.82) is 5.26 Å². The summed E-state index contributed by atoms with van der Waals surface area (Å²) in [6.07, 6.45) is 2.72. The van der Waals surface area contributed by atoms with E-state index in [9.17, 15) is 10.1 Å². The van der Waals surface area contributed by atoms with Gasteiger partial charge < -0.3 is 29.7 Å². The van der Waals surface area contributed by atoms with Crippen molar-refractivity contribution >= 4 is 40.0 Å². The van der Waals surface area contributed by atoms with Crippen molar-refractivity contribution in [3.05, 3.63) is 76.7 Å². The Bertz CT molecular complexity index is 1660. The van der Waals surface area contributed by atoms with Gasteiger partial charge in [0.15, 0.2) is 11.5 Å². The number of benzene rings is 2. The number of anilines is 2. The number of aryl methyl sites for hydroxylation is 1. The number of nitrogens with one attached hydrogen (secondary N) is 2. The molecule has 0 aliphatic carbocycles. The number of halogens is 1. The lowest BCUT2D eigenvalue weighted by Gasteiger charge is -2.35. The number of hydrogen-bond donors (Lipinski definition) is 2. The zero-order valence-corrected chi connectivity index (χ0v) is 24.5. The summed E-state index contributed by atoms with van der Waals surface area (Å²) in [5.41, 5.74) is 3.75. The molecule has 2 N–H and O–H groups in total. The van der Waals surface area contributed by atoms with Crippen LogP contribution in [0.5, 0.6) is 17.2 Å². The van der Waals surface area contributed by atoms with Crippen LogP contribution in [0.4, 0.5) is 16.2 Å². The molecule has 1 saturated heterocycles. The number of piperazine rings is 1. The molecule has 216 valence electrons. The Kier molecular flexibility index (Phi) is 8.61. The lowest BCUT2D eigenvalue weighted by Crippen LogP contribution is -2.56. The number of pyridine rings is 2. The van der Waals surface area contributed by atoms with Gasteiger partial charge in [0.1, 0.15) is 18.4 Å². The number of nitrogens with zero attached hydrogens (tertiary/aromatic N) is 4. The maximum atomic E-state index is 13.0. The number of ether oxygens (including phenoxy) is 3. The van der Waals surface area contributed by atoms with Crippen molar-refractivity contribution in [2.45, 2.75) is 39.5 Å². The van der Waals surface area contributed by atoms with Gasteiger partial charge in [-0.3, -0.25) is 9.97 Å². The number of fused-ring (bicyclic) bond motifs is 1. The van der Waals surface area contributed by atoms with Crippen LogP contribution < -0.4 is 24.8 Å². The Labute approximate surface area is 249 Å². The second-order valence-corrected chi connectivity index (χ2v) is 10.7. The molecule has 11 heteroatoms. The van der Waals surface area contributed by atoms with Gasteiger partial charge in [-0.05, 0) is 50.6 Å². The van der Waals surface area contributed by atoms with E-state index in [4.69, 9.17) is 25.8 Å². The monoisotopic (exact) mass is 586 g/mol. The molecule has 42 heavy (non-hydrogen) atoms. The van der Waals surface area contributed by atoms with Gasteiger partial charge in [-0.1, -0.05) is 17.7 Å². The second kappa shape index (κ2) is 12.5. The molecule has 2 aromatic heterocycles. The van der Waals surface area contributed by atoms with Gasteiger partial charge in [0, 0.05) is 55.1 Å². The fourth-order valence-corrected chi connectivity index (χ4v) is 5.15. The Morgan fingerprint density at radius 1 is 1.17 bits per heavy atom. The lowest BCUT2D eigenvalue weighted by atomic mass is 10.1. The van der Waals surface area contributed by atoms with Crippen molar-refractivity contribution in [2.24, 2.45) is 0 Å². The molecule has 10 nitrogen and oxygen atoms in total. The van der Waals surface area contributed by atoms with Crippen molar-refractivity contribution in [3.8, 4) is 23.3 Å². The van der Waals surface area contributed by atoms with Crippen LogP contribution in [0.25, 0.3) is 10.9 Å². The van der Waals surface area contributed by atoms with Crippen LogP contribution in [-0.2, 0) is 6.61 Å². The predicted octanol–water partition coefficient (Wildman–Crippen LogP) is 5.98. The van der Waals surface area contributed by atoms with E-state index in [1.54, 1.807) is 41.4 Å². The highest BCUT2D eigenvalue weighted by Crippen LogP contribution is 2.39. The maximum absolute atomic E-state index is 13.0. The van der Waals surface area contributed by atoms with E-state index < -0.39 is 6.09 Å². The second-order valence-electron chi connectivity index (χ2n) is 10.2. The largest absolute Gasteiger partial charge is 0.493 e. The normalized spacial score (nSPS) is 16.5. The molecule has 1 fully saturated rings. The van der Waals surface area contributed by atoms with Gasteiger partial charge in [-0.15, -0.1) is 0 Å². The van der Waals surface area contributed by atoms with Gasteiger partial charge in [0.05, 0.1) is 40.3 Å². The van der Waals surface area contributed by atoms with Crippen LogP contribution in [0.2, 0.25) is 5.02 Å². The molecule has 1 aliphatic heterocycles. The van der Waals surface area contributed by atoms with Crippen LogP contribution in [0.1, 0.15) is 30.7 Å². The van der Waals surface area contributed by atoms with E-state index in [2.05, 4.69) is 26.7 Å². The summed E-state index contributed by atoms with van der Waals surface area (Å²) in [6, 6.07) is 14.9. The van der Waals surface area contributed by atoms with Gasteiger partial charge in [-0.2, -0.15) is 5.26 Å². The number of aromatic nitrogens is 2. The number of amides is 1. The number of nitriles is 1. The van der Waals surface area contributed by atoms with Gasteiger partial charge in [-0.25, -0.2) is 4.79 Å². The van der Waals surface area contributed by atoms with Crippen LogP contribution in [0.15, 0.2) is 54.9 Å². The van der Waals surface area contributed by atoms with E-state index in [1.807, 2.05) is 32.9 Å². The summed E-state index contributed by atoms with van der Waals surface area (Å²) in [5.74, 6) is 1.14. The molecule has 1 aliphatic rings. The highest BCUT2D eigenvalue weighted by atomic mass is 35.5. The van der Waals surface area contributed by atoms with Crippen LogP contribution in [0.3, 0.4) is 0 Å². The summed E-state index contributed by atoms with van der Waals surface area (Å²) in [5, 5.41) is 17.5. The van der Waals surface area contributed by atoms with E-state index >= 15 is 0 Å². The van der Waals surface area contributed by atoms with Crippen molar-refractivity contribution in [1.82, 2.24) is 20.2 Å². The zero-order chi connectivity index (χ0) is 29.8. The van der Waals surface area contributed by atoms with E-state index in [-0.39, 0.29) is 17.8 Å². The topological polar surface area (TPSA) is 122 Å². The minimum Gasteiger partial charge on any atom is -0.493 e. The average Bonchev–Trinajstić information content (AvgIpc) is 2.97. The molecule has 4 aromatic rings. The highest BCUT2D eigenvalue weighted by molar-refractivity contribution is 6.33. The quantitative estimate of drug-likeness (QED) is 0.269. The third-order valence-electron chi connectivity index (χ3n) is 6.98. The summed E-state index contributed by atoms with van der Waals surface area (Å²) < 4.78 is 17.2. The number of methoxy groups -OCH3 is 1. The van der Waals surface area contributed by atoms with Gasteiger partial charge in [0.2, 0.25) is 0 Å². The summed E-state index contributed by atoms with van der Waals surface area (Å²) in [7, 11) is 1.49. The Hall–Kier alpha value is -4.59. The summed E-state index contributed by atoms with van der Waals surface area (Å²) in [4.78, 5) is 23.5. The maximum Gasteiger partial charge on any atom is 0.415 e. The first kappa shape index (κ1) is 28.9. The summed E-state index contributed by atoms with van der Waals surface area (Å²) in [6.45, 7) is 7.39. The first-order valence-electron chi connectivity index (χ1n) is 13.5. The van der Waals surface area contributed by atoms with Gasteiger partial charge >= 0.3 is 6.09 Å². The molecule has 2 atom stereocenters. The molecule has 0 unspecified atom stereocenters. The Balaban J connectivity index is 1.40. The molecular weight excluding hydrogens is 556 g/mol. The number of rotatable bonds is 7. The molecule has 1 amide bonds. The third-order valence-corrected chi connectivity index (χ3v) is 7.29. The SMILES string of the molecule is COc1cc2c(Nc3ccc(OCc4ncccc4C)cc3Cl)c(C#N)cnc2cc1OC(=O)N1C[C@@H](C)N[C@H](C)C1. The number of carbonyl (C=O) groups excluding carboxylic acids is 1. The minimum atomic E-state index is -0.466. The molecule has 5 rings (SSSR count). The van der Waals surface area contributed by atoms with Crippen molar-refractivity contribution in [3.63, 3.8) is 0 Å². The fraction of sp³-hybridized carbons (Fsp3) is 0.290. The van der Waals surface area contributed by atoms with Crippen molar-refractivity contribution in [2.75, 3.05) is 25.5 Å². The predicted molar refractivity (Wildman–Crippen MR) is 161 cm³/mol. The lowest BCUT2D eigenvalue weighted by molar-refractivity contribution is 0.125. The number of carbonyl (C=O) groups is 1.